The van der Waals surface area contributed by atoms with Crippen LogP contribution in [0.2, 0.25) is 0 Å². The summed E-state index contributed by atoms with van der Waals surface area (Å²) in [6.07, 6.45) is 4.85. The third kappa shape index (κ3) is 3.89. The van der Waals surface area contributed by atoms with Crippen molar-refractivity contribution in [2.45, 2.75) is 31.7 Å². The first-order valence-corrected chi connectivity index (χ1v) is 11.7. The van der Waals surface area contributed by atoms with Gasteiger partial charge in [-0.3, -0.25) is 4.99 Å². The summed E-state index contributed by atoms with van der Waals surface area (Å²) in [6, 6.07) is 33.9. The molecule has 1 N–H and O–H groups in total. The number of fused-ring (bicyclic) bond motifs is 2. The highest BCUT2D eigenvalue weighted by Gasteiger charge is 2.18. The second-order valence-corrected chi connectivity index (χ2v) is 8.69. The lowest BCUT2D eigenvalue weighted by Gasteiger charge is -2.20. The van der Waals surface area contributed by atoms with Crippen LogP contribution >= 0.6 is 0 Å². The van der Waals surface area contributed by atoms with Gasteiger partial charge in [-0.05, 0) is 61.4 Å². The predicted molar refractivity (Wildman–Crippen MR) is 135 cm³/mol. The number of para-hydroxylation sites is 4. The van der Waals surface area contributed by atoms with Gasteiger partial charge in [0.1, 0.15) is 0 Å². The molecule has 3 aromatic rings. The molecule has 0 aromatic heterocycles. The molecule has 0 saturated heterocycles. The predicted octanol–water partition coefficient (Wildman–Crippen LogP) is 6.72. The first kappa shape index (κ1) is 19.7. The molecular formula is C29H26N4. The Morgan fingerprint density at radius 3 is 2.27 bits per heavy atom. The highest BCUT2D eigenvalue weighted by Crippen LogP contribution is 2.30. The van der Waals surface area contributed by atoms with Crippen LogP contribution < -0.4 is 10.7 Å². The standard InChI is InChI=1S/C29H26N4/c1-3-11-21(12-4-1)30-25-19-27-29(20-26(25)31-22-13-7-8-14-22)33(23-15-5-2-6-16-23)28-18-10-9-17-24(28)32-27/h1-6,9-12,15-20,22,30H,7-8,13-14H2/b31-26+. The van der Waals surface area contributed by atoms with Crippen molar-refractivity contribution in [2.75, 3.05) is 5.32 Å². The second-order valence-electron chi connectivity index (χ2n) is 8.69. The van der Waals surface area contributed by atoms with Gasteiger partial charge in [0.15, 0.2) is 0 Å². The molecule has 2 aliphatic carbocycles. The van der Waals surface area contributed by atoms with E-state index in [1.54, 1.807) is 0 Å². The van der Waals surface area contributed by atoms with E-state index in [0.29, 0.717) is 6.04 Å². The summed E-state index contributed by atoms with van der Waals surface area (Å²) in [4.78, 5) is 10.3. The molecule has 0 spiro atoms. The summed E-state index contributed by atoms with van der Waals surface area (Å²) in [5, 5.41) is 4.60. The molecule has 0 unspecified atom stereocenters. The van der Waals surface area contributed by atoms with Crippen LogP contribution in [0.3, 0.4) is 0 Å². The minimum Gasteiger partial charge on any atom is -0.354 e. The molecule has 6 rings (SSSR count). The van der Waals surface area contributed by atoms with E-state index in [4.69, 9.17) is 9.98 Å². The first-order valence-electron chi connectivity index (χ1n) is 11.7. The number of benzene rings is 4. The minimum absolute atomic E-state index is 0.386. The van der Waals surface area contributed by atoms with Gasteiger partial charge in [0.05, 0.1) is 39.5 Å². The fourth-order valence-electron chi connectivity index (χ4n) is 4.81. The van der Waals surface area contributed by atoms with E-state index >= 15 is 0 Å². The summed E-state index contributed by atoms with van der Waals surface area (Å²) in [6.45, 7) is 0. The van der Waals surface area contributed by atoms with Gasteiger partial charge in [-0.15, -0.1) is 0 Å². The molecule has 0 amide bonds. The SMILES string of the molecule is c1ccc(Nc2cc3nc4ccccc4n(-c4ccccc4)c-3c/c2=N\C2CCCC2)cc1. The highest BCUT2D eigenvalue weighted by atomic mass is 15.0. The van der Waals surface area contributed by atoms with Crippen LogP contribution in [0.1, 0.15) is 25.7 Å². The molecule has 0 radical (unpaired) electrons. The fraction of sp³-hybridized carbons (Fsp3) is 0.172. The number of rotatable bonds is 4. The van der Waals surface area contributed by atoms with Gasteiger partial charge in [0.2, 0.25) is 0 Å². The Balaban J connectivity index is 1.64. The number of nitrogens with zero attached hydrogens (tertiary/aromatic N) is 3. The number of anilines is 2. The molecule has 0 bridgehead atoms. The van der Waals surface area contributed by atoms with Crippen molar-refractivity contribution in [1.29, 1.82) is 0 Å². The van der Waals surface area contributed by atoms with Gasteiger partial charge < -0.3 is 9.88 Å². The molecule has 162 valence electrons. The van der Waals surface area contributed by atoms with Crippen LogP contribution in [-0.4, -0.2) is 15.6 Å². The van der Waals surface area contributed by atoms with Crippen LogP contribution in [-0.2, 0) is 0 Å². The summed E-state index contributed by atoms with van der Waals surface area (Å²) in [7, 11) is 0. The van der Waals surface area contributed by atoms with E-state index < -0.39 is 0 Å². The lowest BCUT2D eigenvalue weighted by Crippen LogP contribution is -2.17. The van der Waals surface area contributed by atoms with E-state index in [-0.39, 0.29) is 0 Å². The van der Waals surface area contributed by atoms with E-state index in [1.165, 1.54) is 12.8 Å². The zero-order valence-electron chi connectivity index (χ0n) is 18.5. The van der Waals surface area contributed by atoms with Crippen LogP contribution in [0.5, 0.6) is 0 Å². The molecule has 3 aliphatic rings. The molecule has 1 aliphatic heterocycles. The number of hydrogen-bond donors (Lipinski definition) is 1. The van der Waals surface area contributed by atoms with Crippen molar-refractivity contribution in [2.24, 2.45) is 4.99 Å². The Kier molecular flexibility index (Phi) is 5.11. The Hall–Kier alpha value is -3.92. The molecule has 33 heavy (non-hydrogen) atoms. The molecule has 4 heteroatoms. The average Bonchev–Trinajstić information content (AvgIpc) is 3.37. The zero-order chi connectivity index (χ0) is 22.0. The van der Waals surface area contributed by atoms with Gasteiger partial charge in [-0.1, -0.05) is 61.4 Å². The maximum atomic E-state index is 5.22. The molecule has 1 heterocycles. The van der Waals surface area contributed by atoms with Crippen molar-refractivity contribution in [3.05, 3.63) is 102 Å². The Bertz CT molecular complexity index is 1430. The van der Waals surface area contributed by atoms with Gasteiger partial charge in [0.25, 0.3) is 0 Å². The van der Waals surface area contributed by atoms with Crippen LogP contribution in [0, 0.1) is 0 Å². The quantitative estimate of drug-likeness (QED) is 0.322. The molecular weight excluding hydrogens is 404 g/mol. The fourth-order valence-corrected chi connectivity index (χ4v) is 4.81. The normalized spacial score (nSPS) is 14.8. The largest absolute Gasteiger partial charge is 0.354 e. The smallest absolute Gasteiger partial charge is 0.0900 e. The van der Waals surface area contributed by atoms with E-state index in [2.05, 4.69) is 82.7 Å². The van der Waals surface area contributed by atoms with Crippen molar-refractivity contribution in [3.63, 3.8) is 0 Å². The Labute approximate surface area is 193 Å². The molecule has 3 aromatic carbocycles. The number of hydrogen-bond acceptors (Lipinski definition) is 3. The van der Waals surface area contributed by atoms with Crippen LogP contribution in [0.15, 0.2) is 102 Å². The topological polar surface area (TPSA) is 42.2 Å². The van der Waals surface area contributed by atoms with Crippen molar-refractivity contribution >= 4 is 22.4 Å². The minimum atomic E-state index is 0.386. The monoisotopic (exact) mass is 430 g/mol. The zero-order valence-corrected chi connectivity index (χ0v) is 18.5. The average molecular weight is 431 g/mol. The third-order valence-electron chi connectivity index (χ3n) is 6.41. The van der Waals surface area contributed by atoms with Crippen molar-refractivity contribution < 1.29 is 0 Å². The van der Waals surface area contributed by atoms with E-state index in [1.807, 2.05) is 24.3 Å². The number of nitrogens with one attached hydrogen (secondary N) is 1. The lowest BCUT2D eigenvalue weighted by atomic mass is 10.1. The van der Waals surface area contributed by atoms with Gasteiger partial charge in [0, 0.05) is 11.4 Å². The first-order chi connectivity index (χ1) is 16.3. The summed E-state index contributed by atoms with van der Waals surface area (Å²) in [5.74, 6) is 0. The summed E-state index contributed by atoms with van der Waals surface area (Å²) >= 11 is 0. The maximum Gasteiger partial charge on any atom is 0.0900 e. The third-order valence-corrected chi connectivity index (χ3v) is 6.41. The molecule has 0 atom stereocenters. The van der Waals surface area contributed by atoms with Crippen molar-refractivity contribution in [3.8, 4) is 17.1 Å². The van der Waals surface area contributed by atoms with Gasteiger partial charge >= 0.3 is 0 Å². The van der Waals surface area contributed by atoms with Crippen LogP contribution in [0.25, 0.3) is 28.1 Å². The second kappa shape index (κ2) is 8.55. The Morgan fingerprint density at radius 1 is 0.788 bits per heavy atom. The Morgan fingerprint density at radius 2 is 1.48 bits per heavy atom. The summed E-state index contributed by atoms with van der Waals surface area (Å²) < 4.78 is 2.30. The van der Waals surface area contributed by atoms with Gasteiger partial charge in [-0.25, -0.2) is 4.98 Å². The van der Waals surface area contributed by atoms with E-state index in [0.717, 1.165) is 57.7 Å². The van der Waals surface area contributed by atoms with Gasteiger partial charge in [-0.2, -0.15) is 0 Å². The van der Waals surface area contributed by atoms with Crippen LogP contribution in [0.4, 0.5) is 11.4 Å². The maximum absolute atomic E-state index is 5.22. The lowest BCUT2D eigenvalue weighted by molar-refractivity contribution is 0.687. The molecule has 4 nitrogen and oxygen atoms in total. The summed E-state index contributed by atoms with van der Waals surface area (Å²) in [5.41, 5.74) is 7.25. The number of aromatic nitrogens is 2. The highest BCUT2D eigenvalue weighted by molar-refractivity contribution is 5.84. The van der Waals surface area contributed by atoms with Crippen molar-refractivity contribution in [1.82, 2.24) is 9.55 Å². The van der Waals surface area contributed by atoms with E-state index in [9.17, 15) is 0 Å². The molecule has 1 saturated carbocycles. The molecule has 1 fully saturated rings.